The summed E-state index contributed by atoms with van der Waals surface area (Å²) < 4.78 is 43.8. The standard InChI is InChI=1S/C17H23F3O2/c1-15(2,3)11-8-10(14(21)17(18,19)20)9-12(13(11)22-7)16(4,5)6/h8-9H,1-7H3. The van der Waals surface area contributed by atoms with Crippen molar-refractivity contribution in [1.29, 1.82) is 0 Å². The minimum atomic E-state index is -4.89. The second kappa shape index (κ2) is 5.60. The monoisotopic (exact) mass is 316 g/mol. The molecular formula is C17H23F3O2. The molecule has 1 aromatic carbocycles. The lowest BCUT2D eigenvalue weighted by Crippen LogP contribution is -2.26. The highest BCUT2D eigenvalue weighted by Gasteiger charge is 2.41. The third-order valence-corrected chi connectivity index (χ3v) is 3.43. The van der Waals surface area contributed by atoms with Gasteiger partial charge in [0, 0.05) is 16.7 Å². The molecule has 124 valence electrons. The van der Waals surface area contributed by atoms with E-state index in [1.165, 1.54) is 19.2 Å². The number of alkyl halides is 3. The van der Waals surface area contributed by atoms with Crippen LogP contribution in [0.3, 0.4) is 0 Å². The van der Waals surface area contributed by atoms with Crippen molar-refractivity contribution >= 4 is 5.78 Å². The molecule has 5 heteroatoms. The highest BCUT2D eigenvalue weighted by atomic mass is 19.4. The van der Waals surface area contributed by atoms with Crippen LogP contribution in [0.5, 0.6) is 5.75 Å². The molecule has 0 heterocycles. The van der Waals surface area contributed by atoms with Crippen molar-refractivity contribution in [3.8, 4) is 5.75 Å². The van der Waals surface area contributed by atoms with Crippen LogP contribution in [0.1, 0.15) is 63.0 Å². The number of ether oxygens (including phenoxy) is 1. The van der Waals surface area contributed by atoms with Crippen LogP contribution in [-0.2, 0) is 10.8 Å². The number of halogens is 3. The Hall–Kier alpha value is -1.52. The highest BCUT2D eigenvalue weighted by Crippen LogP contribution is 2.41. The van der Waals surface area contributed by atoms with Gasteiger partial charge in [-0.05, 0) is 23.0 Å². The van der Waals surface area contributed by atoms with Crippen LogP contribution in [0.4, 0.5) is 13.2 Å². The normalized spacial score (nSPS) is 13.2. The third kappa shape index (κ3) is 3.81. The van der Waals surface area contributed by atoms with Crippen LogP contribution < -0.4 is 4.74 Å². The van der Waals surface area contributed by atoms with Crippen molar-refractivity contribution in [1.82, 2.24) is 0 Å². The Morgan fingerprint density at radius 2 is 1.27 bits per heavy atom. The first-order valence-electron chi connectivity index (χ1n) is 7.04. The zero-order chi connectivity index (χ0) is 17.5. The molecule has 0 fully saturated rings. The van der Waals surface area contributed by atoms with Crippen molar-refractivity contribution in [2.45, 2.75) is 58.5 Å². The maximum Gasteiger partial charge on any atom is 0.454 e. The van der Waals surface area contributed by atoms with E-state index in [0.717, 1.165) is 0 Å². The van der Waals surface area contributed by atoms with Gasteiger partial charge >= 0.3 is 6.18 Å². The van der Waals surface area contributed by atoms with Crippen molar-refractivity contribution in [2.75, 3.05) is 7.11 Å². The summed E-state index contributed by atoms with van der Waals surface area (Å²) in [5.74, 6) is -1.29. The first kappa shape index (κ1) is 18.5. The molecule has 0 aromatic heterocycles. The van der Waals surface area contributed by atoms with Crippen LogP contribution in [0, 0.1) is 0 Å². The van der Waals surface area contributed by atoms with Crippen LogP contribution in [-0.4, -0.2) is 19.1 Å². The summed E-state index contributed by atoms with van der Waals surface area (Å²) in [4.78, 5) is 11.7. The Kier molecular flexibility index (Phi) is 4.71. The predicted molar refractivity (Wildman–Crippen MR) is 80.8 cm³/mol. The van der Waals surface area contributed by atoms with Gasteiger partial charge in [-0.25, -0.2) is 0 Å². The van der Waals surface area contributed by atoms with E-state index in [4.69, 9.17) is 4.74 Å². The summed E-state index contributed by atoms with van der Waals surface area (Å²) in [6, 6.07) is 2.59. The van der Waals surface area contributed by atoms with Gasteiger partial charge in [0.25, 0.3) is 5.78 Å². The average molecular weight is 316 g/mol. The maximum absolute atomic E-state index is 12.8. The lowest BCUT2D eigenvalue weighted by Gasteiger charge is -2.29. The van der Waals surface area contributed by atoms with E-state index in [1.807, 2.05) is 41.5 Å². The Bertz CT molecular complexity index is 538. The fourth-order valence-corrected chi connectivity index (χ4v) is 2.26. The van der Waals surface area contributed by atoms with Gasteiger partial charge in [-0.3, -0.25) is 4.79 Å². The van der Waals surface area contributed by atoms with Gasteiger partial charge < -0.3 is 4.74 Å². The molecule has 0 amide bonds. The number of carbonyl (C=O) groups excluding carboxylic acids is 1. The van der Waals surface area contributed by atoms with E-state index in [1.54, 1.807) is 0 Å². The summed E-state index contributed by atoms with van der Waals surface area (Å²) in [6.07, 6.45) is -4.89. The van der Waals surface area contributed by atoms with Crippen LogP contribution in [0.25, 0.3) is 0 Å². The molecule has 22 heavy (non-hydrogen) atoms. The van der Waals surface area contributed by atoms with Crippen molar-refractivity contribution in [3.63, 3.8) is 0 Å². The molecule has 0 spiro atoms. The van der Waals surface area contributed by atoms with Crippen LogP contribution in [0.15, 0.2) is 12.1 Å². The molecule has 0 bridgehead atoms. The Morgan fingerprint density at radius 1 is 0.909 bits per heavy atom. The Balaban J connectivity index is 3.75. The molecule has 0 aliphatic rings. The molecule has 2 nitrogen and oxygen atoms in total. The first-order chi connectivity index (χ1) is 9.69. The van der Waals surface area contributed by atoms with Crippen molar-refractivity contribution in [3.05, 3.63) is 28.8 Å². The van der Waals surface area contributed by atoms with Gasteiger partial charge in [-0.2, -0.15) is 13.2 Å². The lowest BCUT2D eigenvalue weighted by molar-refractivity contribution is -0.0885. The Labute approximate surface area is 129 Å². The molecule has 0 N–H and O–H groups in total. The first-order valence-corrected chi connectivity index (χ1v) is 7.04. The Morgan fingerprint density at radius 3 is 1.50 bits per heavy atom. The summed E-state index contributed by atoms with van der Waals surface area (Å²) in [5, 5.41) is 0. The van der Waals surface area contributed by atoms with Gasteiger partial charge in [0.05, 0.1) is 7.11 Å². The molecule has 1 aromatic rings. The van der Waals surface area contributed by atoms with Crippen molar-refractivity contribution < 1.29 is 22.7 Å². The quantitative estimate of drug-likeness (QED) is 0.715. The van der Waals surface area contributed by atoms with E-state index in [2.05, 4.69) is 0 Å². The summed E-state index contributed by atoms with van der Waals surface area (Å²) in [6.45, 7) is 11.2. The minimum Gasteiger partial charge on any atom is -0.496 e. The fraction of sp³-hybridized carbons (Fsp3) is 0.588. The van der Waals surface area contributed by atoms with Gasteiger partial charge in [0.15, 0.2) is 0 Å². The number of rotatable bonds is 2. The fourth-order valence-electron chi connectivity index (χ4n) is 2.26. The molecule has 1 rings (SSSR count). The average Bonchev–Trinajstić information content (AvgIpc) is 2.32. The smallest absolute Gasteiger partial charge is 0.454 e. The third-order valence-electron chi connectivity index (χ3n) is 3.43. The van der Waals surface area contributed by atoms with E-state index < -0.39 is 22.8 Å². The number of methoxy groups -OCH3 is 1. The number of hydrogen-bond acceptors (Lipinski definition) is 2. The topological polar surface area (TPSA) is 26.3 Å². The predicted octanol–water partition coefficient (Wildman–Crippen LogP) is 5.04. The largest absolute Gasteiger partial charge is 0.496 e. The van der Waals surface area contributed by atoms with Gasteiger partial charge in [-0.15, -0.1) is 0 Å². The molecular weight excluding hydrogens is 293 g/mol. The summed E-state index contributed by atoms with van der Waals surface area (Å²) in [5.41, 5.74) is -0.0614. The molecule has 0 unspecified atom stereocenters. The van der Waals surface area contributed by atoms with Gasteiger partial charge in [-0.1, -0.05) is 41.5 Å². The van der Waals surface area contributed by atoms with Gasteiger partial charge in [0.2, 0.25) is 0 Å². The number of carbonyl (C=O) groups is 1. The zero-order valence-electron chi connectivity index (χ0n) is 14.1. The summed E-state index contributed by atoms with van der Waals surface area (Å²) in [7, 11) is 1.49. The van der Waals surface area contributed by atoms with Crippen LogP contribution >= 0.6 is 0 Å². The second-order valence-electron chi connectivity index (χ2n) is 7.43. The molecule has 0 saturated carbocycles. The SMILES string of the molecule is COc1c(C(C)(C)C)cc(C(=O)C(F)(F)F)cc1C(C)(C)C. The molecule has 0 radical (unpaired) electrons. The number of hydrogen-bond donors (Lipinski definition) is 0. The number of ketones is 1. The molecule has 0 aliphatic carbocycles. The van der Waals surface area contributed by atoms with Crippen molar-refractivity contribution in [2.24, 2.45) is 0 Å². The second-order valence-corrected chi connectivity index (χ2v) is 7.43. The molecule has 0 atom stereocenters. The molecule has 0 aliphatic heterocycles. The van der Waals surface area contributed by atoms with E-state index in [9.17, 15) is 18.0 Å². The van der Waals surface area contributed by atoms with E-state index >= 15 is 0 Å². The number of benzene rings is 1. The zero-order valence-corrected chi connectivity index (χ0v) is 14.1. The summed E-state index contributed by atoms with van der Waals surface area (Å²) >= 11 is 0. The highest BCUT2D eigenvalue weighted by molar-refractivity contribution is 6.01. The van der Waals surface area contributed by atoms with Gasteiger partial charge in [0.1, 0.15) is 5.75 Å². The minimum absolute atomic E-state index is 0.344. The number of Topliss-reactive ketones (excluding diaryl/α,β-unsaturated/α-hetero) is 1. The lowest BCUT2D eigenvalue weighted by atomic mass is 9.78. The maximum atomic E-state index is 12.8. The van der Waals surface area contributed by atoms with Crippen LogP contribution in [0.2, 0.25) is 0 Å². The van der Waals surface area contributed by atoms with E-state index in [-0.39, 0.29) is 5.56 Å². The van der Waals surface area contributed by atoms with E-state index in [0.29, 0.717) is 16.9 Å². The molecule has 0 saturated heterocycles.